The van der Waals surface area contributed by atoms with Gasteiger partial charge in [-0.1, -0.05) is 43.9 Å². The van der Waals surface area contributed by atoms with Crippen LogP contribution in [-0.4, -0.2) is 18.6 Å². The molecule has 0 aliphatic heterocycles. The fraction of sp³-hybridized carbons (Fsp3) is 0.562. The maximum absolute atomic E-state index is 13.4. The molecule has 0 heterocycles. The highest BCUT2D eigenvalue weighted by atomic mass is 19.1. The van der Waals surface area contributed by atoms with E-state index < -0.39 is 0 Å². The van der Waals surface area contributed by atoms with Gasteiger partial charge in [-0.15, -0.1) is 0 Å². The molecule has 0 radical (unpaired) electrons. The van der Waals surface area contributed by atoms with E-state index in [1.54, 1.807) is 12.1 Å². The van der Waals surface area contributed by atoms with Gasteiger partial charge < -0.3 is 10.6 Å². The van der Waals surface area contributed by atoms with Gasteiger partial charge in [-0.05, 0) is 30.9 Å². The van der Waals surface area contributed by atoms with E-state index in [9.17, 15) is 9.18 Å². The topological polar surface area (TPSA) is 41.1 Å². The number of rotatable bonds is 4. The van der Waals surface area contributed by atoms with Gasteiger partial charge in [0.15, 0.2) is 0 Å². The van der Waals surface area contributed by atoms with Crippen molar-refractivity contribution in [1.29, 1.82) is 0 Å². The largest absolute Gasteiger partial charge is 0.338 e. The molecule has 1 aliphatic carbocycles. The van der Waals surface area contributed by atoms with E-state index in [4.69, 9.17) is 0 Å². The summed E-state index contributed by atoms with van der Waals surface area (Å²) in [5, 5.41) is 5.83. The first-order valence-corrected chi connectivity index (χ1v) is 7.53. The molecule has 2 amide bonds. The second kappa shape index (κ2) is 7.88. The third kappa shape index (κ3) is 4.83. The van der Waals surface area contributed by atoms with Crippen molar-refractivity contribution in [3.63, 3.8) is 0 Å². The van der Waals surface area contributed by atoms with Crippen LogP contribution in [-0.2, 0) is 6.42 Å². The lowest BCUT2D eigenvalue weighted by Crippen LogP contribution is -2.42. The first kappa shape index (κ1) is 14.8. The number of urea groups is 1. The van der Waals surface area contributed by atoms with E-state index >= 15 is 0 Å². The standard InChI is InChI=1S/C16H23FN2O/c17-15-10-6-5-7-13(15)11-12-18-16(20)19-14-8-3-1-2-4-9-14/h5-7,10,14H,1-4,8-9,11-12H2,(H2,18,19,20). The molecule has 0 aromatic heterocycles. The van der Waals surface area contributed by atoms with Gasteiger partial charge in [-0.2, -0.15) is 0 Å². The van der Waals surface area contributed by atoms with Gasteiger partial charge in [0.25, 0.3) is 0 Å². The summed E-state index contributed by atoms with van der Waals surface area (Å²) in [7, 11) is 0. The summed E-state index contributed by atoms with van der Waals surface area (Å²) in [5.74, 6) is -0.210. The van der Waals surface area contributed by atoms with Crippen LogP contribution in [0.2, 0.25) is 0 Å². The van der Waals surface area contributed by atoms with Gasteiger partial charge in [0.2, 0.25) is 0 Å². The molecule has 0 unspecified atom stereocenters. The predicted octanol–water partition coefficient (Wildman–Crippen LogP) is 3.39. The minimum absolute atomic E-state index is 0.131. The number of amides is 2. The number of hydrogen-bond donors (Lipinski definition) is 2. The molecule has 3 nitrogen and oxygen atoms in total. The van der Waals surface area contributed by atoms with Crippen molar-refractivity contribution in [2.24, 2.45) is 0 Å². The molecule has 1 aromatic carbocycles. The number of nitrogens with one attached hydrogen (secondary N) is 2. The van der Waals surface area contributed by atoms with Crippen molar-refractivity contribution in [2.75, 3.05) is 6.54 Å². The lowest BCUT2D eigenvalue weighted by Gasteiger charge is -2.16. The minimum Gasteiger partial charge on any atom is -0.338 e. The Kier molecular flexibility index (Phi) is 5.84. The predicted molar refractivity (Wildman–Crippen MR) is 78.1 cm³/mol. The zero-order chi connectivity index (χ0) is 14.2. The lowest BCUT2D eigenvalue weighted by atomic mass is 10.1. The average Bonchev–Trinajstić information content (AvgIpc) is 2.69. The monoisotopic (exact) mass is 278 g/mol. The van der Waals surface area contributed by atoms with Crippen molar-refractivity contribution >= 4 is 6.03 Å². The molecule has 1 saturated carbocycles. The average molecular weight is 278 g/mol. The molecule has 1 aliphatic rings. The molecular formula is C16H23FN2O. The molecule has 0 bridgehead atoms. The van der Waals surface area contributed by atoms with E-state index in [0.29, 0.717) is 24.6 Å². The van der Waals surface area contributed by atoms with Gasteiger partial charge in [0.1, 0.15) is 5.82 Å². The molecule has 1 aromatic rings. The fourth-order valence-electron chi connectivity index (χ4n) is 2.67. The highest BCUT2D eigenvalue weighted by Crippen LogP contribution is 2.16. The van der Waals surface area contributed by atoms with Gasteiger partial charge in [0.05, 0.1) is 0 Å². The maximum atomic E-state index is 13.4. The second-order valence-corrected chi connectivity index (χ2v) is 5.43. The minimum atomic E-state index is -0.210. The summed E-state index contributed by atoms with van der Waals surface area (Å²) in [6.07, 6.45) is 7.59. The van der Waals surface area contributed by atoms with E-state index in [0.717, 1.165) is 12.8 Å². The molecule has 20 heavy (non-hydrogen) atoms. The Morgan fingerprint density at radius 3 is 2.55 bits per heavy atom. The molecule has 1 fully saturated rings. The van der Waals surface area contributed by atoms with Gasteiger partial charge >= 0.3 is 6.03 Å². The summed E-state index contributed by atoms with van der Waals surface area (Å²) in [4.78, 5) is 11.8. The van der Waals surface area contributed by atoms with Crippen LogP contribution in [0.3, 0.4) is 0 Å². The highest BCUT2D eigenvalue weighted by Gasteiger charge is 2.14. The quantitative estimate of drug-likeness (QED) is 0.814. The van der Waals surface area contributed by atoms with Crippen LogP contribution in [0.4, 0.5) is 9.18 Å². The van der Waals surface area contributed by atoms with Crippen molar-refractivity contribution in [3.05, 3.63) is 35.6 Å². The van der Waals surface area contributed by atoms with E-state index in [1.807, 2.05) is 6.07 Å². The number of hydrogen-bond acceptors (Lipinski definition) is 1. The number of benzene rings is 1. The zero-order valence-corrected chi connectivity index (χ0v) is 11.8. The Morgan fingerprint density at radius 1 is 1.15 bits per heavy atom. The molecule has 4 heteroatoms. The lowest BCUT2D eigenvalue weighted by molar-refractivity contribution is 0.235. The van der Waals surface area contributed by atoms with Crippen molar-refractivity contribution in [3.8, 4) is 0 Å². The fourth-order valence-corrected chi connectivity index (χ4v) is 2.67. The van der Waals surface area contributed by atoms with Crippen LogP contribution in [0, 0.1) is 5.82 Å². The summed E-state index contributed by atoms with van der Waals surface area (Å²) in [6.45, 7) is 0.458. The van der Waals surface area contributed by atoms with E-state index in [1.165, 1.54) is 31.7 Å². The first-order chi connectivity index (χ1) is 9.75. The first-order valence-electron chi connectivity index (χ1n) is 7.53. The van der Waals surface area contributed by atoms with E-state index in [2.05, 4.69) is 10.6 Å². The Hall–Kier alpha value is -1.58. The Morgan fingerprint density at radius 2 is 1.85 bits per heavy atom. The molecular weight excluding hydrogens is 255 g/mol. The normalized spacial score (nSPS) is 16.4. The van der Waals surface area contributed by atoms with Crippen LogP contribution >= 0.6 is 0 Å². The second-order valence-electron chi connectivity index (χ2n) is 5.43. The maximum Gasteiger partial charge on any atom is 0.315 e. The Labute approximate surface area is 120 Å². The Bertz CT molecular complexity index is 428. The van der Waals surface area contributed by atoms with Crippen LogP contribution in [0.25, 0.3) is 0 Å². The molecule has 0 saturated heterocycles. The van der Waals surface area contributed by atoms with Gasteiger partial charge in [-0.3, -0.25) is 0 Å². The molecule has 110 valence electrons. The molecule has 0 spiro atoms. The number of carbonyl (C=O) groups excluding carboxylic acids is 1. The third-order valence-electron chi connectivity index (χ3n) is 3.83. The summed E-state index contributed by atoms with van der Waals surface area (Å²) >= 11 is 0. The molecule has 0 atom stereocenters. The van der Waals surface area contributed by atoms with Crippen molar-refractivity contribution in [2.45, 2.75) is 51.0 Å². The Balaban J connectivity index is 1.68. The SMILES string of the molecule is O=C(NCCc1ccccc1F)NC1CCCCCC1. The number of halogens is 1. The summed E-state index contributed by atoms with van der Waals surface area (Å²) < 4.78 is 13.4. The van der Waals surface area contributed by atoms with Gasteiger partial charge in [-0.25, -0.2) is 9.18 Å². The third-order valence-corrected chi connectivity index (χ3v) is 3.83. The van der Waals surface area contributed by atoms with Crippen molar-refractivity contribution < 1.29 is 9.18 Å². The summed E-state index contributed by atoms with van der Waals surface area (Å²) in [5.41, 5.74) is 0.641. The number of carbonyl (C=O) groups is 1. The smallest absolute Gasteiger partial charge is 0.315 e. The van der Waals surface area contributed by atoms with Crippen LogP contribution in [0.1, 0.15) is 44.1 Å². The molecule has 2 N–H and O–H groups in total. The van der Waals surface area contributed by atoms with Gasteiger partial charge in [0, 0.05) is 12.6 Å². The zero-order valence-electron chi connectivity index (χ0n) is 11.8. The van der Waals surface area contributed by atoms with Crippen molar-refractivity contribution in [1.82, 2.24) is 10.6 Å². The van der Waals surface area contributed by atoms with Crippen LogP contribution < -0.4 is 10.6 Å². The highest BCUT2D eigenvalue weighted by molar-refractivity contribution is 5.74. The van der Waals surface area contributed by atoms with E-state index in [-0.39, 0.29) is 11.8 Å². The summed E-state index contributed by atoms with van der Waals surface area (Å²) in [6, 6.07) is 6.84. The molecule has 2 rings (SSSR count). The van der Waals surface area contributed by atoms with Crippen LogP contribution in [0.15, 0.2) is 24.3 Å². The van der Waals surface area contributed by atoms with Crippen LogP contribution in [0.5, 0.6) is 0 Å².